The Morgan fingerprint density at radius 1 is 0.660 bits per heavy atom. The number of carboxylic acid groups (broad SMARTS) is 1. The first-order valence-corrected chi connectivity index (χ1v) is 15.4. The molecule has 6 aromatic rings. The van der Waals surface area contributed by atoms with Gasteiger partial charge in [0.2, 0.25) is 0 Å². The van der Waals surface area contributed by atoms with Crippen LogP contribution in [0, 0.1) is 0 Å². The van der Waals surface area contributed by atoms with Gasteiger partial charge in [-0.05, 0) is 65.1 Å². The van der Waals surface area contributed by atoms with E-state index in [0.717, 1.165) is 34.6 Å². The lowest BCUT2D eigenvalue weighted by Crippen LogP contribution is -2.15. The quantitative estimate of drug-likeness (QED) is 0.123. The Bertz CT molecular complexity index is 1760. The van der Waals surface area contributed by atoms with Crippen molar-refractivity contribution in [3.8, 4) is 11.5 Å². The van der Waals surface area contributed by atoms with Crippen molar-refractivity contribution in [3.05, 3.63) is 181 Å². The second-order valence-electron chi connectivity index (χ2n) is 10.8. The summed E-state index contributed by atoms with van der Waals surface area (Å²) in [5.41, 5.74) is 4.34. The first-order chi connectivity index (χ1) is 23.1. The van der Waals surface area contributed by atoms with Gasteiger partial charge in [-0.1, -0.05) is 91.0 Å². The van der Waals surface area contributed by atoms with Crippen molar-refractivity contribution in [1.82, 2.24) is 19.6 Å². The summed E-state index contributed by atoms with van der Waals surface area (Å²) in [6, 6.07) is 39.4. The smallest absolute Gasteiger partial charge is 0.305 e. The molecule has 2 atom stereocenters. The molecule has 6 rings (SSSR count). The fraction of sp³-hybridized carbons (Fsp3) is 0.154. The highest BCUT2D eigenvalue weighted by molar-refractivity contribution is 5.68. The number of carboxylic acids is 1. The van der Waals surface area contributed by atoms with Crippen LogP contribution in [0.1, 0.15) is 47.2 Å². The van der Waals surface area contributed by atoms with Gasteiger partial charge < -0.3 is 14.6 Å². The van der Waals surface area contributed by atoms with Crippen LogP contribution in [0.25, 0.3) is 0 Å². The first kappa shape index (κ1) is 32.5. The Morgan fingerprint density at radius 2 is 1.11 bits per heavy atom. The lowest BCUT2D eigenvalue weighted by molar-refractivity contribution is -0.137. The maximum Gasteiger partial charge on any atom is 0.305 e. The lowest BCUT2D eigenvalue weighted by Gasteiger charge is -2.17. The maximum atomic E-state index is 11.1. The minimum atomic E-state index is -0.861. The van der Waals surface area contributed by atoms with Gasteiger partial charge in [0.1, 0.15) is 24.7 Å². The minimum absolute atomic E-state index is 0.0219. The van der Waals surface area contributed by atoms with Crippen molar-refractivity contribution in [3.63, 3.8) is 0 Å². The van der Waals surface area contributed by atoms with E-state index in [9.17, 15) is 4.79 Å². The number of hydrogen-bond acceptors (Lipinski definition) is 5. The molecule has 1 N–H and O–H groups in total. The van der Waals surface area contributed by atoms with Crippen molar-refractivity contribution in [1.29, 1.82) is 0 Å². The summed E-state index contributed by atoms with van der Waals surface area (Å²) in [4.78, 5) is 11.1. The Kier molecular flexibility index (Phi) is 11.7. The molecule has 0 amide bonds. The van der Waals surface area contributed by atoms with E-state index in [-0.39, 0.29) is 18.5 Å². The highest BCUT2D eigenvalue weighted by atomic mass is 16.5. The van der Waals surface area contributed by atoms with Crippen LogP contribution in [0.5, 0.6) is 11.5 Å². The van der Waals surface area contributed by atoms with Crippen LogP contribution in [0.4, 0.5) is 0 Å². The SMILES string of the molecule is C=CCC(c1ccc(OCc2ccccc2)cc1)n1cccn1.O=C(O)CC(c1ccc(OCc2ccccc2)cc1)n1cccn1. The number of carbonyl (C=O) groups is 1. The predicted molar refractivity (Wildman–Crippen MR) is 182 cm³/mol. The number of hydrogen-bond donors (Lipinski definition) is 1. The zero-order chi connectivity index (χ0) is 32.7. The molecule has 8 nitrogen and oxygen atoms in total. The third-order valence-corrected chi connectivity index (χ3v) is 7.47. The Hall–Kier alpha value is -5.89. The van der Waals surface area contributed by atoms with E-state index in [0.29, 0.717) is 13.2 Å². The third-order valence-electron chi connectivity index (χ3n) is 7.47. The van der Waals surface area contributed by atoms with Gasteiger partial charge >= 0.3 is 5.97 Å². The Balaban J connectivity index is 0.000000185. The normalized spacial score (nSPS) is 11.8. The first-order valence-electron chi connectivity index (χ1n) is 15.4. The second kappa shape index (κ2) is 17.0. The summed E-state index contributed by atoms with van der Waals surface area (Å²) in [6.07, 6.45) is 9.94. The highest BCUT2D eigenvalue weighted by Gasteiger charge is 2.18. The monoisotopic (exact) mass is 626 g/mol. The van der Waals surface area contributed by atoms with Gasteiger partial charge in [0, 0.05) is 24.8 Å². The average Bonchev–Trinajstić information content (AvgIpc) is 3.85. The van der Waals surface area contributed by atoms with Crippen molar-refractivity contribution in [2.45, 2.75) is 38.1 Å². The van der Waals surface area contributed by atoms with Gasteiger partial charge in [-0.2, -0.15) is 10.2 Å². The van der Waals surface area contributed by atoms with Gasteiger partial charge in [0.15, 0.2) is 0 Å². The third kappa shape index (κ3) is 9.80. The lowest BCUT2D eigenvalue weighted by atomic mass is 10.0. The maximum absolute atomic E-state index is 11.1. The highest BCUT2D eigenvalue weighted by Crippen LogP contribution is 2.25. The zero-order valence-electron chi connectivity index (χ0n) is 26.1. The van der Waals surface area contributed by atoms with Gasteiger partial charge in [0.05, 0.1) is 18.5 Å². The van der Waals surface area contributed by atoms with Gasteiger partial charge in [-0.3, -0.25) is 14.2 Å². The van der Waals surface area contributed by atoms with E-state index in [4.69, 9.17) is 14.6 Å². The number of benzene rings is 4. The fourth-order valence-corrected chi connectivity index (χ4v) is 5.07. The molecule has 2 unspecified atom stereocenters. The van der Waals surface area contributed by atoms with E-state index in [2.05, 4.69) is 41.0 Å². The van der Waals surface area contributed by atoms with E-state index in [1.807, 2.05) is 108 Å². The van der Waals surface area contributed by atoms with E-state index in [1.54, 1.807) is 29.3 Å². The molecule has 0 fully saturated rings. The molecule has 0 spiro atoms. The minimum Gasteiger partial charge on any atom is -0.489 e. The average molecular weight is 627 g/mol. The van der Waals surface area contributed by atoms with Crippen LogP contribution in [-0.4, -0.2) is 30.6 Å². The number of ether oxygens (including phenoxy) is 2. The summed E-state index contributed by atoms with van der Waals surface area (Å²) in [5, 5.41) is 17.7. The van der Waals surface area contributed by atoms with Crippen LogP contribution in [0.3, 0.4) is 0 Å². The molecule has 0 aliphatic rings. The number of aromatic nitrogens is 4. The standard InChI is InChI=1S/C20H20N2O.C19H18N2O3/c1-2-7-20(22-15-6-14-21-22)18-10-12-19(13-11-18)23-16-17-8-4-3-5-9-17;22-19(23)13-18(21-12-4-11-20-21)16-7-9-17(10-8-16)24-14-15-5-2-1-3-6-15/h2-6,8-15,20H,1,7,16H2;1-12,18H,13-14H2,(H,22,23). The molecular weight excluding hydrogens is 588 g/mol. The molecule has 0 aliphatic heterocycles. The molecule has 8 heteroatoms. The fourth-order valence-electron chi connectivity index (χ4n) is 5.07. The molecular formula is C39H38N4O4. The van der Waals surface area contributed by atoms with Gasteiger partial charge in [-0.25, -0.2) is 0 Å². The number of nitrogens with zero attached hydrogens (tertiary/aromatic N) is 4. The van der Waals surface area contributed by atoms with Crippen molar-refractivity contribution in [2.24, 2.45) is 0 Å². The molecule has 0 saturated heterocycles. The molecule has 4 aromatic carbocycles. The molecule has 0 saturated carbocycles. The topological polar surface area (TPSA) is 91.4 Å². The zero-order valence-corrected chi connectivity index (χ0v) is 26.1. The van der Waals surface area contributed by atoms with Crippen molar-refractivity contribution < 1.29 is 19.4 Å². The summed E-state index contributed by atoms with van der Waals surface area (Å²) < 4.78 is 15.2. The summed E-state index contributed by atoms with van der Waals surface area (Å²) in [7, 11) is 0. The second-order valence-corrected chi connectivity index (χ2v) is 10.8. The van der Waals surface area contributed by atoms with E-state index >= 15 is 0 Å². The number of rotatable bonds is 14. The van der Waals surface area contributed by atoms with Crippen LogP contribution in [0.15, 0.2) is 159 Å². The molecule has 47 heavy (non-hydrogen) atoms. The number of aliphatic carboxylic acids is 1. The largest absolute Gasteiger partial charge is 0.489 e. The van der Waals surface area contributed by atoms with E-state index in [1.165, 1.54) is 5.56 Å². The molecule has 0 bridgehead atoms. The van der Waals surface area contributed by atoms with Gasteiger partial charge in [-0.15, -0.1) is 6.58 Å². The number of allylic oxidation sites excluding steroid dienone is 1. The van der Waals surface area contributed by atoms with Crippen LogP contribution in [0.2, 0.25) is 0 Å². The molecule has 0 radical (unpaired) electrons. The van der Waals surface area contributed by atoms with E-state index < -0.39 is 5.97 Å². The van der Waals surface area contributed by atoms with Crippen LogP contribution in [-0.2, 0) is 18.0 Å². The Labute approximate surface area is 275 Å². The predicted octanol–water partition coefficient (Wildman–Crippen LogP) is 8.15. The van der Waals surface area contributed by atoms with Crippen molar-refractivity contribution in [2.75, 3.05) is 0 Å². The van der Waals surface area contributed by atoms with Crippen LogP contribution >= 0.6 is 0 Å². The summed E-state index contributed by atoms with van der Waals surface area (Å²) >= 11 is 0. The molecule has 2 aromatic heterocycles. The van der Waals surface area contributed by atoms with Crippen LogP contribution < -0.4 is 9.47 Å². The van der Waals surface area contributed by atoms with Gasteiger partial charge in [0.25, 0.3) is 0 Å². The molecule has 0 aliphatic carbocycles. The molecule has 2 heterocycles. The van der Waals surface area contributed by atoms with Crippen molar-refractivity contribution >= 4 is 5.97 Å². The summed E-state index contributed by atoms with van der Waals surface area (Å²) in [6.45, 7) is 4.93. The summed E-state index contributed by atoms with van der Waals surface area (Å²) in [5.74, 6) is 0.757. The molecule has 238 valence electrons. The Morgan fingerprint density at radius 3 is 1.51 bits per heavy atom.